The van der Waals surface area contributed by atoms with Crippen LogP contribution >= 0.6 is 18.4 Å². The first-order valence-corrected chi connectivity index (χ1v) is 8.51. The summed E-state index contributed by atoms with van der Waals surface area (Å²) in [7, 11) is 0. The number of carbonyl (C=O) groups excluding carboxylic acids is 1. The van der Waals surface area contributed by atoms with Gasteiger partial charge in [0, 0.05) is 5.56 Å². The van der Waals surface area contributed by atoms with Gasteiger partial charge in [-0.25, -0.2) is 4.57 Å². The van der Waals surface area contributed by atoms with Crippen LogP contribution in [0.2, 0.25) is 0 Å². The number of nitrogens with one attached hydrogen (secondary N) is 1. The second kappa shape index (κ2) is 7.59. The number of hydrogen-bond acceptors (Lipinski definition) is 5. The fourth-order valence-electron chi connectivity index (χ4n) is 1.15. The van der Waals surface area contributed by atoms with E-state index < -0.39 is 6.80 Å². The summed E-state index contributed by atoms with van der Waals surface area (Å²) in [6.45, 7) is 0.629. The molecule has 0 spiro atoms. The van der Waals surface area contributed by atoms with Crippen LogP contribution in [0.5, 0.6) is 0 Å². The van der Waals surface area contributed by atoms with Crippen LogP contribution in [-0.4, -0.2) is 19.1 Å². The van der Waals surface area contributed by atoms with E-state index >= 15 is 0 Å². The molecule has 7 heteroatoms. The molecule has 0 radical (unpaired) electrons. The minimum atomic E-state index is -3.31. The van der Waals surface area contributed by atoms with Crippen LogP contribution in [0.4, 0.5) is 0 Å². The second-order valence-corrected chi connectivity index (χ2v) is 6.86. The Morgan fingerprint density at radius 3 is 2.28 bits per heavy atom. The molecule has 1 amide bonds. The zero-order chi connectivity index (χ0) is 13.4. The van der Waals surface area contributed by atoms with Crippen molar-refractivity contribution in [1.29, 1.82) is 0 Å². The molecule has 0 aliphatic carbocycles. The monoisotopic (exact) mass is 289 g/mol. The molecule has 0 atom stereocenters. The maximum absolute atomic E-state index is 12.1. The number of hydrogen-bond donors (Lipinski definition) is 1. The molecule has 0 aliphatic rings. The van der Waals surface area contributed by atoms with Crippen LogP contribution in [-0.2, 0) is 13.6 Å². The molecule has 0 aliphatic heterocycles. The molecule has 1 rings (SSSR count). The van der Waals surface area contributed by atoms with E-state index in [9.17, 15) is 9.36 Å². The molecule has 0 unspecified atom stereocenters. The van der Waals surface area contributed by atoms with Gasteiger partial charge in [0.15, 0.2) is 0 Å². The first-order chi connectivity index (χ1) is 8.61. The maximum atomic E-state index is 12.1. The summed E-state index contributed by atoms with van der Waals surface area (Å²) in [5.74, 6) is -0.333. The van der Waals surface area contributed by atoms with Crippen molar-refractivity contribution < 1.29 is 18.4 Å². The Balaban J connectivity index is 2.58. The van der Waals surface area contributed by atoms with Crippen LogP contribution in [0.25, 0.3) is 0 Å². The van der Waals surface area contributed by atoms with Crippen molar-refractivity contribution in [3.8, 4) is 0 Å². The summed E-state index contributed by atoms with van der Waals surface area (Å²) in [5, 5.41) is 0. The lowest BCUT2D eigenvalue weighted by atomic mass is 10.2. The molecule has 1 aromatic rings. The summed E-state index contributed by atoms with van der Waals surface area (Å²) in [6.07, 6.45) is 0. The van der Waals surface area contributed by atoms with Gasteiger partial charge in [0.25, 0.3) is 5.91 Å². The van der Waals surface area contributed by atoms with Crippen molar-refractivity contribution in [2.75, 3.05) is 13.2 Å². The van der Waals surface area contributed by atoms with E-state index in [1.807, 2.05) is 6.07 Å². The highest BCUT2D eigenvalue weighted by Gasteiger charge is 2.26. The van der Waals surface area contributed by atoms with E-state index in [0.29, 0.717) is 17.1 Å². The van der Waals surface area contributed by atoms with Crippen LogP contribution in [0, 0.1) is 0 Å². The SMILES string of the molecule is CCOP(=O)(OCC)SNC(=O)c1ccccc1. The Morgan fingerprint density at radius 1 is 1.22 bits per heavy atom. The van der Waals surface area contributed by atoms with E-state index in [4.69, 9.17) is 9.05 Å². The quantitative estimate of drug-likeness (QED) is 0.616. The second-order valence-electron chi connectivity index (χ2n) is 3.17. The molecule has 0 bridgehead atoms. The molecule has 0 aromatic heterocycles. The number of carbonyl (C=O) groups is 1. The summed E-state index contributed by atoms with van der Waals surface area (Å²) >= 11 is 0.688. The summed E-state index contributed by atoms with van der Waals surface area (Å²) in [5.41, 5.74) is 0.490. The first kappa shape index (κ1) is 15.2. The minimum absolute atomic E-state index is 0.255. The van der Waals surface area contributed by atoms with Gasteiger partial charge in [0.05, 0.1) is 24.8 Å². The fourth-order valence-corrected chi connectivity index (χ4v) is 3.81. The van der Waals surface area contributed by atoms with E-state index in [1.165, 1.54) is 0 Å². The standard InChI is InChI=1S/C11H16NO4PS/c1-3-15-17(14,16-4-2)18-12-11(13)10-8-6-5-7-9-10/h5-9H,3-4H2,1-2H3,(H,12,13). The summed E-state index contributed by atoms with van der Waals surface area (Å²) in [6, 6.07) is 8.66. The third-order valence-corrected chi connectivity index (χ3v) is 5.09. The van der Waals surface area contributed by atoms with Crippen molar-refractivity contribution in [2.24, 2.45) is 0 Å². The van der Waals surface area contributed by atoms with Gasteiger partial charge < -0.3 is 0 Å². The van der Waals surface area contributed by atoms with Crippen molar-refractivity contribution in [1.82, 2.24) is 4.72 Å². The molecule has 18 heavy (non-hydrogen) atoms. The Labute approximate surface area is 111 Å². The van der Waals surface area contributed by atoms with Crippen molar-refractivity contribution in [3.63, 3.8) is 0 Å². The molecular weight excluding hydrogens is 273 g/mol. The zero-order valence-corrected chi connectivity index (χ0v) is 12.0. The van der Waals surface area contributed by atoms with Crippen LogP contribution in [0.1, 0.15) is 24.2 Å². The first-order valence-electron chi connectivity index (χ1n) is 5.54. The highest BCUT2D eigenvalue weighted by molar-refractivity contribution is 8.54. The van der Waals surface area contributed by atoms with Crippen molar-refractivity contribution in [2.45, 2.75) is 13.8 Å². The molecule has 5 nitrogen and oxygen atoms in total. The van der Waals surface area contributed by atoms with Gasteiger partial charge >= 0.3 is 6.80 Å². The van der Waals surface area contributed by atoms with Crippen LogP contribution in [0.15, 0.2) is 30.3 Å². The van der Waals surface area contributed by atoms with Gasteiger partial charge in [-0.3, -0.25) is 18.6 Å². The molecule has 1 N–H and O–H groups in total. The third kappa shape index (κ3) is 4.82. The van der Waals surface area contributed by atoms with Crippen LogP contribution in [0.3, 0.4) is 0 Å². The van der Waals surface area contributed by atoms with Gasteiger partial charge in [-0.2, -0.15) is 0 Å². The van der Waals surface area contributed by atoms with Gasteiger partial charge in [0.1, 0.15) is 0 Å². The van der Waals surface area contributed by atoms with E-state index in [2.05, 4.69) is 4.72 Å². The summed E-state index contributed by atoms with van der Waals surface area (Å²) < 4.78 is 24.6. The Morgan fingerprint density at radius 2 is 1.78 bits per heavy atom. The molecule has 0 saturated carbocycles. The van der Waals surface area contributed by atoms with Gasteiger partial charge in [-0.05, 0) is 26.0 Å². The van der Waals surface area contributed by atoms with Gasteiger partial charge in [0.2, 0.25) is 0 Å². The highest BCUT2D eigenvalue weighted by atomic mass is 32.7. The normalized spacial score (nSPS) is 11.2. The van der Waals surface area contributed by atoms with Crippen molar-refractivity contribution in [3.05, 3.63) is 35.9 Å². The number of rotatable bonds is 7. The molecule has 0 saturated heterocycles. The smallest absolute Gasteiger partial charge is 0.300 e. The molecular formula is C11H16NO4PS. The Bertz CT molecular complexity index is 416. The molecule has 0 heterocycles. The maximum Gasteiger partial charge on any atom is 0.409 e. The third-order valence-electron chi connectivity index (χ3n) is 1.86. The number of amides is 1. The predicted octanol–water partition coefficient (Wildman–Crippen LogP) is 3.25. The largest absolute Gasteiger partial charge is 0.409 e. The molecule has 1 aromatic carbocycles. The van der Waals surface area contributed by atoms with E-state index in [1.54, 1.807) is 38.1 Å². The lowest BCUT2D eigenvalue weighted by molar-refractivity contribution is 0.0984. The Hall–Kier alpha value is -0.810. The van der Waals surface area contributed by atoms with Crippen LogP contribution < -0.4 is 4.72 Å². The van der Waals surface area contributed by atoms with Gasteiger partial charge in [-0.15, -0.1) is 0 Å². The highest BCUT2D eigenvalue weighted by Crippen LogP contribution is 2.58. The van der Waals surface area contributed by atoms with Gasteiger partial charge in [-0.1, -0.05) is 18.2 Å². The van der Waals surface area contributed by atoms with Crippen molar-refractivity contribution >= 4 is 24.3 Å². The Kier molecular flexibility index (Phi) is 6.43. The number of benzene rings is 1. The lowest BCUT2D eigenvalue weighted by Gasteiger charge is -2.15. The lowest BCUT2D eigenvalue weighted by Crippen LogP contribution is -2.16. The summed E-state index contributed by atoms with van der Waals surface area (Å²) in [4.78, 5) is 11.7. The average Bonchev–Trinajstić information content (AvgIpc) is 2.38. The van der Waals surface area contributed by atoms with E-state index in [-0.39, 0.29) is 19.1 Å². The minimum Gasteiger partial charge on any atom is -0.300 e. The van der Waals surface area contributed by atoms with E-state index in [0.717, 1.165) is 0 Å². The zero-order valence-electron chi connectivity index (χ0n) is 10.3. The predicted molar refractivity (Wildman–Crippen MR) is 72.4 cm³/mol. The average molecular weight is 289 g/mol. The fraction of sp³-hybridized carbons (Fsp3) is 0.364. The molecule has 0 fully saturated rings. The molecule has 100 valence electrons. The topological polar surface area (TPSA) is 64.6 Å².